The highest BCUT2D eigenvalue weighted by atomic mass is 19.1. The molecule has 0 aliphatic carbocycles. The molecule has 0 radical (unpaired) electrons. The smallest absolute Gasteiger partial charge is 0.259 e. The number of nitrogens with one attached hydrogen (secondary N) is 1. The molecule has 2 saturated heterocycles. The van der Waals surface area contributed by atoms with Crippen LogP contribution in [0.3, 0.4) is 0 Å². The Bertz CT molecular complexity index is 1480. The Morgan fingerprint density at radius 2 is 1.82 bits per heavy atom. The van der Waals surface area contributed by atoms with Crippen molar-refractivity contribution < 1.29 is 18.0 Å². The second-order valence-corrected chi connectivity index (χ2v) is 10.00. The van der Waals surface area contributed by atoms with E-state index in [1.807, 2.05) is 4.90 Å². The van der Waals surface area contributed by atoms with E-state index in [-0.39, 0.29) is 23.6 Å². The zero-order valence-electron chi connectivity index (χ0n) is 21.8. The van der Waals surface area contributed by atoms with Crippen LogP contribution in [-0.4, -0.2) is 92.1 Å². The molecule has 0 saturated carbocycles. The molecule has 2 fully saturated rings. The molecule has 40 heavy (non-hydrogen) atoms. The van der Waals surface area contributed by atoms with Gasteiger partial charge in [-0.3, -0.25) is 4.79 Å². The average molecular weight is 553 g/mol. The number of nitrogens with two attached hydrogens (primary N) is 1. The van der Waals surface area contributed by atoms with Crippen LogP contribution in [0.4, 0.5) is 26.4 Å². The summed E-state index contributed by atoms with van der Waals surface area (Å²) >= 11 is 0. The molecule has 0 unspecified atom stereocenters. The summed E-state index contributed by atoms with van der Waals surface area (Å²) in [5.41, 5.74) is 6.50. The lowest BCUT2D eigenvalue weighted by Crippen LogP contribution is -2.55. The number of furan rings is 1. The first-order chi connectivity index (χ1) is 19.4. The number of carbonyl (C=O) groups is 1. The maximum Gasteiger partial charge on any atom is 0.259 e. The molecule has 2 aliphatic heterocycles. The zero-order chi connectivity index (χ0) is 27.6. The van der Waals surface area contributed by atoms with Gasteiger partial charge in [0.25, 0.3) is 5.78 Å². The normalized spacial score (nSPS) is 17.4. The van der Waals surface area contributed by atoms with Crippen LogP contribution in [0.25, 0.3) is 17.4 Å². The van der Waals surface area contributed by atoms with Crippen molar-refractivity contribution in [2.75, 3.05) is 61.8 Å². The molecule has 14 heteroatoms. The largest absolute Gasteiger partial charge is 0.461 e. The number of piperidine rings is 1. The van der Waals surface area contributed by atoms with Gasteiger partial charge in [0.1, 0.15) is 17.7 Å². The van der Waals surface area contributed by atoms with Crippen LogP contribution >= 0.6 is 0 Å². The van der Waals surface area contributed by atoms with E-state index in [2.05, 4.69) is 30.3 Å². The maximum atomic E-state index is 14.3. The van der Waals surface area contributed by atoms with E-state index in [9.17, 15) is 13.6 Å². The van der Waals surface area contributed by atoms with Crippen LogP contribution in [0.1, 0.15) is 19.3 Å². The Morgan fingerprint density at radius 3 is 2.55 bits per heavy atom. The second-order valence-electron chi connectivity index (χ2n) is 10.00. The lowest BCUT2D eigenvalue weighted by molar-refractivity contribution is -0.132. The molecule has 1 aromatic carbocycles. The second kappa shape index (κ2) is 11.0. The quantitative estimate of drug-likeness (QED) is 0.352. The van der Waals surface area contributed by atoms with Crippen molar-refractivity contribution in [2.45, 2.75) is 25.3 Å². The van der Waals surface area contributed by atoms with Crippen LogP contribution in [0.5, 0.6) is 0 Å². The number of benzene rings is 1. The summed E-state index contributed by atoms with van der Waals surface area (Å²) in [6, 6.07) is 6.37. The fourth-order valence-corrected chi connectivity index (χ4v) is 5.25. The molecule has 1 amide bonds. The molecule has 2 aliphatic rings. The van der Waals surface area contributed by atoms with E-state index >= 15 is 0 Å². The summed E-state index contributed by atoms with van der Waals surface area (Å²) in [4.78, 5) is 32.9. The number of halogens is 2. The first kappa shape index (κ1) is 25.9. The minimum atomic E-state index is -0.637. The molecular formula is C26H30F2N10O2. The molecular weight excluding hydrogens is 522 g/mol. The van der Waals surface area contributed by atoms with Crippen molar-refractivity contribution in [1.82, 2.24) is 34.4 Å². The monoisotopic (exact) mass is 552 g/mol. The first-order valence-electron chi connectivity index (χ1n) is 13.4. The van der Waals surface area contributed by atoms with Gasteiger partial charge in [0.05, 0.1) is 12.0 Å². The summed E-state index contributed by atoms with van der Waals surface area (Å²) in [6.07, 6.45) is 4.85. The third kappa shape index (κ3) is 5.39. The summed E-state index contributed by atoms with van der Waals surface area (Å²) in [5, 5.41) is 7.52. The highest BCUT2D eigenvalue weighted by Crippen LogP contribution is 2.23. The van der Waals surface area contributed by atoms with Crippen molar-refractivity contribution in [3.05, 3.63) is 48.2 Å². The van der Waals surface area contributed by atoms with Gasteiger partial charge in [-0.1, -0.05) is 6.42 Å². The maximum absolute atomic E-state index is 14.3. The number of piperazine rings is 1. The molecule has 12 nitrogen and oxygen atoms in total. The molecule has 5 heterocycles. The number of anilines is 3. The van der Waals surface area contributed by atoms with Gasteiger partial charge in [0.15, 0.2) is 5.76 Å². The number of hydrogen-bond acceptors (Lipinski definition) is 10. The van der Waals surface area contributed by atoms with E-state index in [1.165, 1.54) is 29.3 Å². The minimum absolute atomic E-state index is 0.0666. The average Bonchev–Trinajstić information content (AvgIpc) is 3.64. The Kier molecular flexibility index (Phi) is 7.15. The lowest BCUT2D eigenvalue weighted by Gasteiger charge is -2.38. The van der Waals surface area contributed by atoms with E-state index < -0.39 is 17.7 Å². The molecule has 4 aromatic rings. The van der Waals surface area contributed by atoms with Crippen LogP contribution in [0.15, 0.2) is 41.0 Å². The Labute approximate surface area is 228 Å². The molecule has 0 spiro atoms. The van der Waals surface area contributed by atoms with Crippen molar-refractivity contribution in [2.24, 2.45) is 0 Å². The lowest BCUT2D eigenvalue weighted by atomic mass is 10.1. The van der Waals surface area contributed by atoms with Gasteiger partial charge in [0, 0.05) is 38.8 Å². The van der Waals surface area contributed by atoms with Gasteiger partial charge in [-0.05, 0) is 50.2 Å². The fourth-order valence-electron chi connectivity index (χ4n) is 5.25. The third-order valence-electron chi connectivity index (χ3n) is 7.31. The van der Waals surface area contributed by atoms with E-state index in [4.69, 9.17) is 10.2 Å². The highest BCUT2D eigenvalue weighted by Gasteiger charge is 2.31. The molecule has 3 N–H and O–H groups in total. The van der Waals surface area contributed by atoms with Crippen molar-refractivity contribution >= 4 is 29.3 Å². The van der Waals surface area contributed by atoms with Gasteiger partial charge in [-0.25, -0.2) is 8.78 Å². The molecule has 0 bridgehead atoms. The van der Waals surface area contributed by atoms with Crippen LogP contribution in [-0.2, 0) is 4.79 Å². The van der Waals surface area contributed by atoms with Crippen LogP contribution in [0.2, 0.25) is 0 Å². The SMILES string of the molecule is Nc1nc(N[C@@H](CN2CCCCC2)C(=O)N2CCN(c3ccc(F)cc3F)CC2)nc2nc(-c3ccco3)nn12. The number of likely N-dealkylation sites (tertiary alicyclic amines) is 1. The number of fused-ring (bicyclic) bond motifs is 1. The van der Waals surface area contributed by atoms with Gasteiger partial charge < -0.3 is 30.2 Å². The number of rotatable bonds is 7. The number of amides is 1. The standard InChI is InChI=1S/C26H30F2N10O2/c27-17-6-7-20(18(28)15-17)36-10-12-37(13-11-36)23(39)19(16-35-8-2-1-3-9-35)30-25-32-24(29)38-26(33-25)31-22(34-38)21-5-4-14-40-21/h4-7,14-15,19H,1-3,8-13,16H2,(H3,29,30,31,32,33,34)/t19-/m0/s1. The van der Waals surface area contributed by atoms with E-state index in [0.29, 0.717) is 50.0 Å². The van der Waals surface area contributed by atoms with Gasteiger partial charge in [-0.2, -0.15) is 19.5 Å². The van der Waals surface area contributed by atoms with Gasteiger partial charge in [-0.15, -0.1) is 5.10 Å². The van der Waals surface area contributed by atoms with Crippen LogP contribution in [0, 0.1) is 11.6 Å². The van der Waals surface area contributed by atoms with E-state index in [0.717, 1.165) is 32.0 Å². The van der Waals surface area contributed by atoms with Crippen LogP contribution < -0.4 is 16.0 Å². The summed E-state index contributed by atoms with van der Waals surface area (Å²) < 4.78 is 34.4. The zero-order valence-corrected chi connectivity index (χ0v) is 21.8. The summed E-state index contributed by atoms with van der Waals surface area (Å²) in [5.74, 6) is -0.0890. The van der Waals surface area contributed by atoms with Gasteiger partial charge >= 0.3 is 0 Å². The van der Waals surface area contributed by atoms with Crippen molar-refractivity contribution in [1.29, 1.82) is 0 Å². The van der Waals surface area contributed by atoms with Gasteiger partial charge in [0.2, 0.25) is 23.6 Å². The van der Waals surface area contributed by atoms with E-state index in [1.54, 1.807) is 17.0 Å². The summed E-state index contributed by atoms with van der Waals surface area (Å²) in [7, 11) is 0. The number of aromatic nitrogens is 5. The number of nitrogens with zero attached hydrogens (tertiary/aromatic N) is 8. The predicted octanol–water partition coefficient (Wildman–Crippen LogP) is 2.25. The Balaban J connectivity index is 1.20. The highest BCUT2D eigenvalue weighted by molar-refractivity contribution is 5.85. The number of carbonyl (C=O) groups excluding carboxylic acids is 1. The molecule has 1 atom stereocenters. The molecule has 6 rings (SSSR count). The molecule has 210 valence electrons. The summed E-state index contributed by atoms with van der Waals surface area (Å²) in [6.45, 7) is 3.93. The first-order valence-corrected chi connectivity index (χ1v) is 13.4. The Hall–Kier alpha value is -4.33. The minimum Gasteiger partial charge on any atom is -0.461 e. The Morgan fingerprint density at radius 1 is 1.02 bits per heavy atom. The topological polar surface area (TPSA) is 134 Å². The number of nitrogen functional groups attached to an aromatic ring is 1. The van der Waals surface area contributed by atoms with Crippen molar-refractivity contribution in [3.8, 4) is 11.6 Å². The molecule has 3 aromatic heterocycles. The van der Waals surface area contributed by atoms with Crippen molar-refractivity contribution in [3.63, 3.8) is 0 Å². The number of hydrogen-bond donors (Lipinski definition) is 2. The fraction of sp³-hybridized carbons (Fsp3) is 0.423. The third-order valence-corrected chi connectivity index (χ3v) is 7.31. The predicted molar refractivity (Wildman–Crippen MR) is 144 cm³/mol.